The van der Waals surface area contributed by atoms with Crippen LogP contribution in [0.2, 0.25) is 10.0 Å². The van der Waals surface area contributed by atoms with Crippen molar-refractivity contribution in [1.82, 2.24) is 9.80 Å². The molecule has 7 nitrogen and oxygen atoms in total. The van der Waals surface area contributed by atoms with E-state index in [9.17, 15) is 14.7 Å². The number of ketones is 1. The van der Waals surface area contributed by atoms with Gasteiger partial charge in [-0.25, -0.2) is 0 Å². The number of hydrogen-bond acceptors (Lipinski definition) is 6. The second kappa shape index (κ2) is 10.7. The summed E-state index contributed by atoms with van der Waals surface area (Å²) in [4.78, 5) is 30.3. The van der Waals surface area contributed by atoms with Gasteiger partial charge in [-0.2, -0.15) is 0 Å². The Morgan fingerprint density at radius 1 is 0.973 bits per heavy atom. The van der Waals surface area contributed by atoms with Crippen LogP contribution < -0.4 is 4.74 Å². The number of Topliss-reactive ketones (excluding diaryl/α,β-unsaturated/α-hetero) is 1. The Labute approximate surface area is 224 Å². The smallest absolute Gasteiger partial charge is 0.295 e. The van der Waals surface area contributed by atoms with E-state index in [2.05, 4.69) is 4.90 Å². The lowest BCUT2D eigenvalue weighted by Crippen LogP contribution is -2.42. The lowest BCUT2D eigenvalue weighted by molar-refractivity contribution is -0.140. The van der Waals surface area contributed by atoms with Gasteiger partial charge in [0.1, 0.15) is 11.5 Å². The molecule has 1 unspecified atom stereocenters. The van der Waals surface area contributed by atoms with Crippen molar-refractivity contribution in [3.8, 4) is 5.75 Å². The van der Waals surface area contributed by atoms with E-state index in [1.807, 2.05) is 24.3 Å². The van der Waals surface area contributed by atoms with E-state index in [0.717, 1.165) is 29.6 Å². The van der Waals surface area contributed by atoms with Gasteiger partial charge in [-0.15, -0.1) is 0 Å². The number of halogens is 2. The highest BCUT2D eigenvalue weighted by atomic mass is 35.5. The fourth-order valence-corrected chi connectivity index (χ4v) is 5.17. The van der Waals surface area contributed by atoms with E-state index in [1.54, 1.807) is 37.4 Å². The number of ether oxygens (including phenoxy) is 2. The minimum atomic E-state index is -0.803. The molecule has 0 bridgehead atoms. The van der Waals surface area contributed by atoms with Gasteiger partial charge in [0.25, 0.3) is 11.7 Å². The first-order valence-electron chi connectivity index (χ1n) is 12.0. The highest BCUT2D eigenvalue weighted by Crippen LogP contribution is 2.41. The van der Waals surface area contributed by atoms with Crippen molar-refractivity contribution >= 4 is 51.4 Å². The van der Waals surface area contributed by atoms with Crippen LogP contribution in [0.15, 0.2) is 60.2 Å². The lowest BCUT2D eigenvalue weighted by Gasteiger charge is -2.31. The monoisotopic (exact) mass is 540 g/mol. The van der Waals surface area contributed by atoms with Crippen LogP contribution >= 0.6 is 23.2 Å². The molecule has 2 fully saturated rings. The van der Waals surface area contributed by atoms with Crippen molar-refractivity contribution in [2.75, 3.05) is 46.5 Å². The van der Waals surface area contributed by atoms with E-state index < -0.39 is 17.7 Å². The molecule has 9 heteroatoms. The van der Waals surface area contributed by atoms with Crippen molar-refractivity contribution in [3.05, 3.63) is 81.3 Å². The van der Waals surface area contributed by atoms with Gasteiger partial charge in [0.05, 0.1) is 42.0 Å². The third kappa shape index (κ3) is 5.05. The molecule has 37 heavy (non-hydrogen) atoms. The molecule has 1 N–H and O–H groups in total. The molecule has 3 aromatic rings. The summed E-state index contributed by atoms with van der Waals surface area (Å²) in [7, 11) is 1.60. The minimum absolute atomic E-state index is 0.0261. The maximum atomic E-state index is 13.3. The fraction of sp³-hybridized carbons (Fsp3) is 0.286. The fourth-order valence-electron chi connectivity index (χ4n) is 4.87. The quantitative estimate of drug-likeness (QED) is 0.272. The summed E-state index contributed by atoms with van der Waals surface area (Å²) in [6.45, 7) is 3.65. The third-order valence-electron chi connectivity index (χ3n) is 6.88. The number of nitrogens with zero attached hydrogens (tertiary/aromatic N) is 2. The molecule has 1 amide bonds. The number of morpholine rings is 1. The Morgan fingerprint density at radius 2 is 1.70 bits per heavy atom. The number of amides is 1. The van der Waals surface area contributed by atoms with Gasteiger partial charge >= 0.3 is 0 Å². The second-order valence-electron chi connectivity index (χ2n) is 9.05. The number of carbonyl (C=O) groups excluding carboxylic acids is 2. The third-order valence-corrected chi connectivity index (χ3v) is 7.62. The molecule has 0 saturated carbocycles. The second-order valence-corrected chi connectivity index (χ2v) is 9.86. The van der Waals surface area contributed by atoms with Crippen LogP contribution in [0, 0.1) is 0 Å². The van der Waals surface area contributed by atoms with Crippen LogP contribution in [0.1, 0.15) is 17.2 Å². The number of carbonyl (C=O) groups is 2. The molecular weight excluding hydrogens is 515 g/mol. The summed E-state index contributed by atoms with van der Waals surface area (Å²) in [5.74, 6) is -0.905. The highest BCUT2D eigenvalue weighted by Gasteiger charge is 2.46. The molecule has 3 aromatic carbocycles. The summed E-state index contributed by atoms with van der Waals surface area (Å²) in [5, 5.41) is 13.9. The molecule has 0 aromatic heterocycles. The van der Waals surface area contributed by atoms with Crippen molar-refractivity contribution in [2.24, 2.45) is 0 Å². The molecule has 2 saturated heterocycles. The maximum absolute atomic E-state index is 13.3. The number of likely N-dealkylation sites (tertiary alicyclic amines) is 1. The first-order chi connectivity index (χ1) is 17.9. The van der Waals surface area contributed by atoms with Gasteiger partial charge in [0.2, 0.25) is 0 Å². The van der Waals surface area contributed by atoms with Crippen LogP contribution in [-0.4, -0.2) is 73.1 Å². The van der Waals surface area contributed by atoms with Crippen LogP contribution in [0.5, 0.6) is 5.75 Å². The summed E-state index contributed by atoms with van der Waals surface area (Å²) in [6.07, 6.45) is 0. The number of methoxy groups -OCH3 is 1. The lowest BCUT2D eigenvalue weighted by atomic mass is 9.94. The molecule has 5 rings (SSSR count). The zero-order chi connectivity index (χ0) is 26.1. The number of hydrogen-bond donors (Lipinski definition) is 1. The summed E-state index contributed by atoms with van der Waals surface area (Å²) in [5.41, 5.74) is 1.06. The van der Waals surface area contributed by atoms with Crippen molar-refractivity contribution < 1.29 is 24.2 Å². The van der Waals surface area contributed by atoms with Gasteiger partial charge in [-0.1, -0.05) is 47.5 Å². The van der Waals surface area contributed by atoms with Gasteiger partial charge in [-0.05, 0) is 46.7 Å². The summed E-state index contributed by atoms with van der Waals surface area (Å²) < 4.78 is 10.7. The van der Waals surface area contributed by atoms with Crippen molar-refractivity contribution in [2.45, 2.75) is 6.04 Å². The van der Waals surface area contributed by atoms with E-state index in [0.29, 0.717) is 47.5 Å². The molecule has 0 spiro atoms. The topological polar surface area (TPSA) is 79.3 Å². The Kier molecular flexibility index (Phi) is 7.40. The molecule has 0 aliphatic carbocycles. The predicted molar refractivity (Wildman–Crippen MR) is 143 cm³/mol. The largest absolute Gasteiger partial charge is 0.507 e. The summed E-state index contributed by atoms with van der Waals surface area (Å²) >= 11 is 12.5. The SMILES string of the molecule is COc1ccc2cc(/C(O)=C3\C(=O)C(=O)N(CCN4CCOCC4)C3c3ccc(Cl)c(Cl)c3)ccc2c1. The van der Waals surface area contributed by atoms with Gasteiger partial charge in [0.15, 0.2) is 0 Å². The molecule has 0 radical (unpaired) electrons. The average molecular weight is 541 g/mol. The van der Waals surface area contributed by atoms with Crippen molar-refractivity contribution in [1.29, 1.82) is 0 Å². The number of fused-ring (bicyclic) bond motifs is 1. The standard InChI is InChI=1S/C28H26Cl2N2O5/c1-36-21-6-4-17-14-20(3-2-18(17)15-21)26(33)24-25(19-5-7-22(29)23(30)16-19)32(28(35)27(24)34)9-8-31-10-12-37-13-11-31/h2-7,14-16,25,33H,8-13H2,1H3/b26-24+. The first-order valence-corrected chi connectivity index (χ1v) is 12.7. The average Bonchev–Trinajstić information content (AvgIpc) is 3.17. The highest BCUT2D eigenvalue weighted by molar-refractivity contribution is 6.47. The molecule has 192 valence electrons. The summed E-state index contributed by atoms with van der Waals surface area (Å²) in [6, 6.07) is 15.1. The normalized spacial score (nSPS) is 20.1. The Hall–Kier alpha value is -3.10. The number of aliphatic hydroxyl groups excluding tert-OH is 1. The van der Waals surface area contributed by atoms with Crippen LogP contribution in [0.4, 0.5) is 0 Å². The molecule has 1 atom stereocenters. The van der Waals surface area contributed by atoms with E-state index >= 15 is 0 Å². The van der Waals surface area contributed by atoms with Crippen LogP contribution in [-0.2, 0) is 14.3 Å². The Balaban J connectivity index is 1.57. The molecule has 2 aliphatic heterocycles. The van der Waals surface area contributed by atoms with Gasteiger partial charge < -0.3 is 19.5 Å². The molecular formula is C28H26Cl2N2O5. The first kappa shape index (κ1) is 25.5. The predicted octanol–water partition coefficient (Wildman–Crippen LogP) is 4.91. The van der Waals surface area contributed by atoms with E-state index in [1.165, 1.54) is 4.90 Å². The van der Waals surface area contributed by atoms with E-state index in [-0.39, 0.29) is 11.3 Å². The van der Waals surface area contributed by atoms with Crippen molar-refractivity contribution in [3.63, 3.8) is 0 Å². The molecule has 2 heterocycles. The Bertz CT molecular complexity index is 1400. The van der Waals surface area contributed by atoms with Gasteiger partial charge in [-0.3, -0.25) is 14.5 Å². The van der Waals surface area contributed by atoms with E-state index in [4.69, 9.17) is 32.7 Å². The van der Waals surface area contributed by atoms with Crippen LogP contribution in [0.25, 0.3) is 16.5 Å². The van der Waals surface area contributed by atoms with Gasteiger partial charge in [0, 0.05) is 31.7 Å². The number of benzene rings is 3. The molecule has 2 aliphatic rings. The number of aliphatic hydroxyl groups is 1. The maximum Gasteiger partial charge on any atom is 0.295 e. The zero-order valence-electron chi connectivity index (χ0n) is 20.2. The zero-order valence-corrected chi connectivity index (χ0v) is 21.8. The number of rotatable bonds is 6. The Morgan fingerprint density at radius 3 is 2.43 bits per heavy atom. The van der Waals surface area contributed by atoms with Crippen LogP contribution in [0.3, 0.4) is 0 Å². The minimum Gasteiger partial charge on any atom is -0.507 e.